The first-order valence-corrected chi connectivity index (χ1v) is 7.16. The van der Waals surface area contributed by atoms with E-state index in [9.17, 15) is 0 Å². The fraction of sp³-hybridized carbons (Fsp3) is 0.0500. The van der Waals surface area contributed by atoms with Gasteiger partial charge in [-0.2, -0.15) is 0 Å². The summed E-state index contributed by atoms with van der Waals surface area (Å²) in [6.07, 6.45) is 8.52. The number of halogens is 1. The third kappa shape index (κ3) is 4.57. The van der Waals surface area contributed by atoms with E-state index in [0.717, 1.165) is 6.54 Å². The highest BCUT2D eigenvalue weighted by molar-refractivity contribution is 5.69. The molecule has 1 heterocycles. The Morgan fingerprint density at radius 1 is 0.636 bits per heavy atom. The van der Waals surface area contributed by atoms with Crippen molar-refractivity contribution in [3.63, 3.8) is 0 Å². The van der Waals surface area contributed by atoms with Crippen LogP contribution in [0.1, 0.15) is 16.7 Å². The maximum absolute atomic E-state index is 2.19. The summed E-state index contributed by atoms with van der Waals surface area (Å²) >= 11 is 0. The Kier molecular flexibility index (Phi) is 5.93. The Bertz CT molecular complexity index is 704. The Labute approximate surface area is 138 Å². The average Bonchev–Trinajstić information content (AvgIpc) is 2.56. The number of pyridine rings is 1. The molecule has 0 aliphatic carbocycles. The molecule has 0 spiro atoms. The molecule has 0 fully saturated rings. The minimum atomic E-state index is 0. The summed E-state index contributed by atoms with van der Waals surface area (Å²) in [5.74, 6) is 0. The molecule has 22 heavy (non-hydrogen) atoms. The highest BCUT2D eigenvalue weighted by Crippen LogP contribution is 2.06. The van der Waals surface area contributed by atoms with E-state index >= 15 is 0 Å². The summed E-state index contributed by atoms with van der Waals surface area (Å²) < 4.78 is 2.19. The van der Waals surface area contributed by atoms with Crippen molar-refractivity contribution in [3.8, 4) is 0 Å². The zero-order chi connectivity index (χ0) is 14.3. The largest absolute Gasteiger partial charge is 1.00 e. The second-order valence-corrected chi connectivity index (χ2v) is 5.03. The SMILES string of the molecule is C(=C\c1cc[n+](Cc2ccccc2)cc1)/c1ccccc1.[Cl-]. The van der Waals surface area contributed by atoms with Crippen LogP contribution in [0.4, 0.5) is 0 Å². The Balaban J connectivity index is 0.00000176. The standard InChI is InChI=1S/C20H18N.ClH/c1-3-7-18(8-4-1)11-12-19-13-15-21(16-14-19)17-20-9-5-2-6-10-20;/h1-16H,17H2;1H/q+1;/p-1/b12-11+;. The lowest BCUT2D eigenvalue weighted by molar-refractivity contribution is -0.688. The molecule has 0 saturated carbocycles. The molecular formula is C20H18ClN. The van der Waals surface area contributed by atoms with Crippen LogP contribution in [-0.2, 0) is 6.54 Å². The number of nitrogens with zero attached hydrogens (tertiary/aromatic N) is 1. The lowest BCUT2D eigenvalue weighted by Crippen LogP contribution is -3.00. The molecule has 0 N–H and O–H groups in total. The van der Waals surface area contributed by atoms with Gasteiger partial charge in [0, 0.05) is 17.7 Å². The van der Waals surface area contributed by atoms with Crippen LogP contribution in [0.2, 0.25) is 0 Å². The van der Waals surface area contributed by atoms with E-state index < -0.39 is 0 Å². The second-order valence-electron chi connectivity index (χ2n) is 5.03. The topological polar surface area (TPSA) is 3.88 Å². The fourth-order valence-corrected chi connectivity index (χ4v) is 2.24. The van der Waals surface area contributed by atoms with Gasteiger partial charge in [-0.1, -0.05) is 72.8 Å². The Hall–Kier alpha value is -2.38. The van der Waals surface area contributed by atoms with Gasteiger partial charge in [-0.25, -0.2) is 4.57 Å². The van der Waals surface area contributed by atoms with Crippen LogP contribution in [0.3, 0.4) is 0 Å². The summed E-state index contributed by atoms with van der Waals surface area (Å²) in [7, 11) is 0. The summed E-state index contributed by atoms with van der Waals surface area (Å²) in [6, 6.07) is 25.1. The van der Waals surface area contributed by atoms with E-state index in [0.29, 0.717) is 0 Å². The molecule has 1 aromatic heterocycles. The molecular weight excluding hydrogens is 290 g/mol. The molecule has 2 heteroatoms. The van der Waals surface area contributed by atoms with Gasteiger partial charge in [-0.05, 0) is 11.1 Å². The molecule has 3 aromatic rings. The smallest absolute Gasteiger partial charge is 0.173 e. The maximum Gasteiger partial charge on any atom is 0.173 e. The van der Waals surface area contributed by atoms with E-state index in [2.05, 4.69) is 89.8 Å². The normalized spacial score (nSPS) is 10.4. The monoisotopic (exact) mass is 307 g/mol. The van der Waals surface area contributed by atoms with E-state index in [1.807, 2.05) is 12.1 Å². The minimum Gasteiger partial charge on any atom is -1.00 e. The summed E-state index contributed by atoms with van der Waals surface area (Å²) in [6.45, 7) is 0.906. The third-order valence-electron chi connectivity index (χ3n) is 3.39. The van der Waals surface area contributed by atoms with Gasteiger partial charge in [0.25, 0.3) is 0 Å². The van der Waals surface area contributed by atoms with Crippen LogP contribution < -0.4 is 17.0 Å². The summed E-state index contributed by atoms with van der Waals surface area (Å²) in [5.41, 5.74) is 3.75. The molecule has 0 atom stereocenters. The average molecular weight is 308 g/mol. The van der Waals surface area contributed by atoms with Crippen molar-refractivity contribution in [1.29, 1.82) is 0 Å². The van der Waals surface area contributed by atoms with Crippen molar-refractivity contribution in [2.75, 3.05) is 0 Å². The molecule has 3 rings (SSSR count). The van der Waals surface area contributed by atoms with Gasteiger partial charge < -0.3 is 12.4 Å². The van der Waals surface area contributed by atoms with Gasteiger partial charge in [0.2, 0.25) is 0 Å². The predicted octanol–water partition coefficient (Wildman–Crippen LogP) is 1.20. The fourth-order valence-electron chi connectivity index (χ4n) is 2.24. The quantitative estimate of drug-likeness (QED) is 0.638. The van der Waals surface area contributed by atoms with Crippen LogP contribution in [-0.4, -0.2) is 0 Å². The molecule has 1 nitrogen and oxygen atoms in total. The van der Waals surface area contributed by atoms with Crippen molar-refractivity contribution in [1.82, 2.24) is 0 Å². The van der Waals surface area contributed by atoms with Crippen molar-refractivity contribution >= 4 is 12.2 Å². The van der Waals surface area contributed by atoms with E-state index in [1.54, 1.807) is 0 Å². The molecule has 0 aliphatic rings. The van der Waals surface area contributed by atoms with Crippen molar-refractivity contribution in [2.24, 2.45) is 0 Å². The first-order valence-electron chi connectivity index (χ1n) is 7.16. The molecule has 2 aromatic carbocycles. The molecule has 0 aliphatic heterocycles. The van der Waals surface area contributed by atoms with Gasteiger partial charge in [0.05, 0.1) is 0 Å². The highest BCUT2D eigenvalue weighted by Gasteiger charge is 2.01. The van der Waals surface area contributed by atoms with Crippen LogP contribution >= 0.6 is 0 Å². The lowest BCUT2D eigenvalue weighted by atomic mass is 10.1. The number of hydrogen-bond acceptors (Lipinski definition) is 0. The molecule has 0 unspecified atom stereocenters. The zero-order valence-corrected chi connectivity index (χ0v) is 13.0. The number of hydrogen-bond donors (Lipinski definition) is 0. The zero-order valence-electron chi connectivity index (χ0n) is 12.3. The highest BCUT2D eigenvalue weighted by atomic mass is 35.5. The number of benzene rings is 2. The Morgan fingerprint density at radius 3 is 1.73 bits per heavy atom. The minimum absolute atomic E-state index is 0. The Morgan fingerprint density at radius 2 is 1.14 bits per heavy atom. The van der Waals surface area contributed by atoms with Gasteiger partial charge in [0.1, 0.15) is 0 Å². The summed E-state index contributed by atoms with van der Waals surface area (Å²) in [5, 5.41) is 0. The maximum atomic E-state index is 2.19. The van der Waals surface area contributed by atoms with E-state index in [1.165, 1.54) is 16.7 Å². The van der Waals surface area contributed by atoms with Crippen LogP contribution in [0.25, 0.3) is 12.2 Å². The van der Waals surface area contributed by atoms with E-state index in [4.69, 9.17) is 0 Å². The molecule has 0 radical (unpaired) electrons. The van der Waals surface area contributed by atoms with Gasteiger partial charge in [-0.3, -0.25) is 0 Å². The van der Waals surface area contributed by atoms with Gasteiger partial charge in [0.15, 0.2) is 18.9 Å². The first kappa shape index (κ1) is 16.0. The van der Waals surface area contributed by atoms with Crippen LogP contribution in [0, 0.1) is 0 Å². The third-order valence-corrected chi connectivity index (χ3v) is 3.39. The van der Waals surface area contributed by atoms with E-state index in [-0.39, 0.29) is 12.4 Å². The van der Waals surface area contributed by atoms with Gasteiger partial charge in [-0.15, -0.1) is 0 Å². The lowest BCUT2D eigenvalue weighted by Gasteiger charge is -1.98. The second kappa shape index (κ2) is 8.16. The molecule has 0 amide bonds. The van der Waals surface area contributed by atoms with Crippen molar-refractivity contribution < 1.29 is 17.0 Å². The predicted molar refractivity (Wildman–Crippen MR) is 87.6 cm³/mol. The molecule has 110 valence electrons. The van der Waals surface area contributed by atoms with Crippen molar-refractivity contribution in [3.05, 3.63) is 102 Å². The van der Waals surface area contributed by atoms with Crippen LogP contribution in [0.15, 0.2) is 85.2 Å². The number of aromatic nitrogens is 1. The van der Waals surface area contributed by atoms with Gasteiger partial charge >= 0.3 is 0 Å². The molecule has 0 saturated heterocycles. The number of rotatable bonds is 4. The molecule has 0 bridgehead atoms. The van der Waals surface area contributed by atoms with Crippen molar-refractivity contribution in [2.45, 2.75) is 6.54 Å². The van der Waals surface area contributed by atoms with Crippen LogP contribution in [0.5, 0.6) is 0 Å². The first-order chi connectivity index (χ1) is 10.4. The summed E-state index contributed by atoms with van der Waals surface area (Å²) in [4.78, 5) is 0.